The van der Waals surface area contributed by atoms with Gasteiger partial charge in [0.25, 0.3) is 5.91 Å². The van der Waals surface area contributed by atoms with Crippen LogP contribution >= 0.6 is 11.3 Å². The zero-order chi connectivity index (χ0) is 16.3. The van der Waals surface area contributed by atoms with E-state index in [2.05, 4.69) is 4.72 Å². The molecule has 7 nitrogen and oxygen atoms in total. The summed E-state index contributed by atoms with van der Waals surface area (Å²) in [7, 11) is -3.21. The summed E-state index contributed by atoms with van der Waals surface area (Å²) in [5.74, 6) is -1.51. The number of carboxylic acid groups (broad SMARTS) is 1. The minimum Gasteiger partial charge on any atom is -0.481 e. The number of carboxylic acids is 1. The lowest BCUT2D eigenvalue weighted by Crippen LogP contribution is -2.29. The van der Waals surface area contributed by atoms with Crippen molar-refractivity contribution in [3.63, 3.8) is 0 Å². The third-order valence-electron chi connectivity index (χ3n) is 3.43. The number of aliphatic carboxylic acids is 1. The Morgan fingerprint density at radius 2 is 2.18 bits per heavy atom. The molecule has 1 aromatic rings. The summed E-state index contributed by atoms with van der Waals surface area (Å²) >= 11 is 1.31. The minimum atomic E-state index is -3.21. The summed E-state index contributed by atoms with van der Waals surface area (Å²) in [6.07, 6.45) is 2.10. The summed E-state index contributed by atoms with van der Waals surface area (Å²) in [6, 6.07) is 3.50. The van der Waals surface area contributed by atoms with E-state index in [0.717, 1.165) is 11.1 Å². The zero-order valence-electron chi connectivity index (χ0n) is 12.1. The van der Waals surface area contributed by atoms with Gasteiger partial charge >= 0.3 is 5.97 Å². The smallest absolute Gasteiger partial charge is 0.308 e. The Bertz CT molecular complexity index is 668. The van der Waals surface area contributed by atoms with Crippen molar-refractivity contribution in [3.05, 3.63) is 21.9 Å². The largest absolute Gasteiger partial charge is 0.481 e. The number of likely N-dealkylation sites (tertiary alicyclic amines) is 1. The van der Waals surface area contributed by atoms with Gasteiger partial charge in [0.15, 0.2) is 0 Å². The number of rotatable bonds is 6. The standard InChI is InChI=1S/C13H18N2O5S2/c1-22(19,20)14-6-4-10-2-3-11(21-10)12(16)15-7-5-9(8-15)13(17)18/h2-3,9,14H,4-8H2,1H3,(H,17,18). The first-order chi connectivity index (χ1) is 10.3. The molecule has 122 valence electrons. The average molecular weight is 346 g/mol. The summed E-state index contributed by atoms with van der Waals surface area (Å²) in [5.41, 5.74) is 0. The maximum absolute atomic E-state index is 12.3. The van der Waals surface area contributed by atoms with Gasteiger partial charge in [-0.25, -0.2) is 13.1 Å². The molecule has 1 unspecified atom stereocenters. The van der Waals surface area contributed by atoms with Crippen LogP contribution in [0.15, 0.2) is 12.1 Å². The van der Waals surface area contributed by atoms with Gasteiger partial charge in [0.2, 0.25) is 10.0 Å². The third kappa shape index (κ3) is 4.52. The highest BCUT2D eigenvalue weighted by Gasteiger charge is 2.31. The van der Waals surface area contributed by atoms with Crippen LogP contribution < -0.4 is 4.72 Å². The number of sulfonamides is 1. The van der Waals surface area contributed by atoms with E-state index < -0.39 is 21.9 Å². The van der Waals surface area contributed by atoms with E-state index in [1.165, 1.54) is 11.3 Å². The Morgan fingerprint density at radius 1 is 1.45 bits per heavy atom. The molecule has 2 rings (SSSR count). The molecule has 1 atom stereocenters. The first-order valence-corrected chi connectivity index (χ1v) is 9.52. The fourth-order valence-corrected chi connectivity index (χ4v) is 3.74. The van der Waals surface area contributed by atoms with Gasteiger partial charge in [0, 0.05) is 24.5 Å². The van der Waals surface area contributed by atoms with Crippen molar-refractivity contribution in [2.45, 2.75) is 12.8 Å². The van der Waals surface area contributed by atoms with E-state index in [4.69, 9.17) is 5.11 Å². The van der Waals surface area contributed by atoms with Crippen molar-refractivity contribution in [2.24, 2.45) is 5.92 Å². The van der Waals surface area contributed by atoms with Gasteiger partial charge in [-0.2, -0.15) is 0 Å². The van der Waals surface area contributed by atoms with Crippen LogP contribution in [0.1, 0.15) is 21.0 Å². The fourth-order valence-electron chi connectivity index (χ4n) is 2.29. The van der Waals surface area contributed by atoms with Crippen molar-refractivity contribution < 1.29 is 23.1 Å². The Balaban J connectivity index is 1.91. The van der Waals surface area contributed by atoms with Crippen molar-refractivity contribution in [1.82, 2.24) is 9.62 Å². The highest BCUT2D eigenvalue weighted by Crippen LogP contribution is 2.23. The number of hydrogen-bond acceptors (Lipinski definition) is 5. The van der Waals surface area contributed by atoms with Crippen molar-refractivity contribution in [3.8, 4) is 0 Å². The summed E-state index contributed by atoms with van der Waals surface area (Å²) < 4.78 is 24.4. The van der Waals surface area contributed by atoms with E-state index in [9.17, 15) is 18.0 Å². The predicted molar refractivity (Wildman–Crippen MR) is 82.5 cm³/mol. The zero-order valence-corrected chi connectivity index (χ0v) is 13.7. The number of thiophene rings is 1. The Morgan fingerprint density at radius 3 is 2.77 bits per heavy atom. The molecule has 1 amide bonds. The number of carbonyl (C=O) groups is 2. The van der Waals surface area contributed by atoms with Gasteiger partial charge in [-0.1, -0.05) is 0 Å². The second-order valence-corrected chi connectivity index (χ2v) is 8.26. The molecule has 1 aliphatic heterocycles. The second-order valence-electron chi connectivity index (χ2n) is 5.26. The third-order valence-corrected chi connectivity index (χ3v) is 5.29. The first-order valence-electron chi connectivity index (χ1n) is 6.81. The quantitative estimate of drug-likeness (QED) is 0.775. The van der Waals surface area contributed by atoms with Gasteiger partial charge in [-0.3, -0.25) is 9.59 Å². The van der Waals surface area contributed by atoms with Crippen LogP contribution in [-0.4, -0.2) is 56.2 Å². The van der Waals surface area contributed by atoms with E-state index in [0.29, 0.717) is 24.3 Å². The lowest BCUT2D eigenvalue weighted by Gasteiger charge is -2.14. The van der Waals surface area contributed by atoms with Gasteiger partial charge in [-0.05, 0) is 25.0 Å². The predicted octanol–water partition coefficient (Wildman–Crippen LogP) is 0.386. The second kappa shape index (κ2) is 6.76. The molecular weight excluding hydrogens is 328 g/mol. The van der Waals surface area contributed by atoms with Crippen LogP contribution in [0.3, 0.4) is 0 Å². The summed E-state index contributed by atoms with van der Waals surface area (Å²) in [4.78, 5) is 26.2. The van der Waals surface area contributed by atoms with Gasteiger partial charge < -0.3 is 10.0 Å². The fraction of sp³-hybridized carbons (Fsp3) is 0.538. The minimum absolute atomic E-state index is 0.156. The molecule has 1 aliphatic rings. The molecule has 0 aromatic carbocycles. The molecule has 1 fully saturated rings. The van der Waals surface area contributed by atoms with Crippen molar-refractivity contribution in [2.75, 3.05) is 25.9 Å². The van der Waals surface area contributed by atoms with E-state index in [-0.39, 0.29) is 19.0 Å². The molecule has 22 heavy (non-hydrogen) atoms. The molecular formula is C13H18N2O5S2. The average Bonchev–Trinajstić information content (AvgIpc) is 3.05. The number of carbonyl (C=O) groups excluding carboxylic acids is 1. The molecule has 2 N–H and O–H groups in total. The SMILES string of the molecule is CS(=O)(=O)NCCc1ccc(C(=O)N2CCC(C(=O)O)C2)s1. The van der Waals surface area contributed by atoms with Crippen LogP contribution in [0.25, 0.3) is 0 Å². The van der Waals surface area contributed by atoms with Crippen LogP contribution in [0.5, 0.6) is 0 Å². The highest BCUT2D eigenvalue weighted by molar-refractivity contribution is 7.88. The molecule has 0 saturated carbocycles. The van der Waals surface area contributed by atoms with Crippen molar-refractivity contribution >= 4 is 33.2 Å². The summed E-state index contributed by atoms with van der Waals surface area (Å²) in [5, 5.41) is 8.96. The Labute approximate surface area is 133 Å². The van der Waals surface area contributed by atoms with E-state index in [1.807, 2.05) is 0 Å². The normalized spacial score (nSPS) is 18.6. The molecule has 9 heteroatoms. The van der Waals surface area contributed by atoms with Crippen molar-refractivity contribution in [1.29, 1.82) is 0 Å². The maximum atomic E-state index is 12.3. The molecule has 0 bridgehead atoms. The van der Waals surface area contributed by atoms with Gasteiger partial charge in [-0.15, -0.1) is 11.3 Å². The highest BCUT2D eigenvalue weighted by atomic mass is 32.2. The lowest BCUT2D eigenvalue weighted by atomic mass is 10.1. The maximum Gasteiger partial charge on any atom is 0.308 e. The Kier molecular flexibility index (Phi) is 5.20. The van der Waals surface area contributed by atoms with Gasteiger partial charge in [0.05, 0.1) is 17.1 Å². The summed E-state index contributed by atoms with van der Waals surface area (Å²) in [6.45, 7) is 0.994. The molecule has 1 aromatic heterocycles. The lowest BCUT2D eigenvalue weighted by molar-refractivity contribution is -0.141. The monoisotopic (exact) mass is 346 g/mol. The number of hydrogen-bond donors (Lipinski definition) is 2. The van der Waals surface area contributed by atoms with Crippen LogP contribution in [-0.2, 0) is 21.2 Å². The molecule has 0 aliphatic carbocycles. The number of nitrogens with one attached hydrogen (secondary N) is 1. The number of nitrogens with zero attached hydrogens (tertiary/aromatic N) is 1. The molecule has 0 radical (unpaired) electrons. The first kappa shape index (κ1) is 16.9. The molecule has 0 spiro atoms. The van der Waals surface area contributed by atoms with Gasteiger partial charge in [0.1, 0.15) is 0 Å². The molecule has 2 heterocycles. The Hall–Kier alpha value is -1.45. The number of amides is 1. The van der Waals surface area contributed by atoms with E-state index >= 15 is 0 Å². The van der Waals surface area contributed by atoms with Crippen LogP contribution in [0.2, 0.25) is 0 Å². The van der Waals surface area contributed by atoms with Crippen LogP contribution in [0.4, 0.5) is 0 Å². The van der Waals surface area contributed by atoms with E-state index in [1.54, 1.807) is 17.0 Å². The van der Waals surface area contributed by atoms with Crippen LogP contribution in [0, 0.1) is 5.92 Å². The molecule has 1 saturated heterocycles. The topological polar surface area (TPSA) is 104 Å².